The van der Waals surface area contributed by atoms with Crippen molar-refractivity contribution < 1.29 is 4.79 Å². The van der Waals surface area contributed by atoms with Gasteiger partial charge >= 0.3 is 0 Å². The predicted molar refractivity (Wildman–Crippen MR) is 76.2 cm³/mol. The Labute approximate surface area is 118 Å². The van der Waals surface area contributed by atoms with Gasteiger partial charge in [-0.15, -0.1) is 0 Å². The van der Waals surface area contributed by atoms with Crippen LogP contribution in [0.4, 0.5) is 0 Å². The highest BCUT2D eigenvalue weighted by Gasteiger charge is 2.48. The average molecular weight is 279 g/mol. The Hall–Kier alpha value is -1.06. The van der Waals surface area contributed by atoms with Crippen LogP contribution in [0.15, 0.2) is 24.3 Å². The third-order valence-electron chi connectivity index (χ3n) is 4.26. The first kappa shape index (κ1) is 12.9. The fourth-order valence-corrected chi connectivity index (χ4v) is 2.96. The van der Waals surface area contributed by atoms with Gasteiger partial charge in [-0.05, 0) is 43.4 Å². The number of carbonyl (C=O) groups excluding carboxylic acids is 1. The number of benzene rings is 1. The molecule has 1 amide bonds. The normalized spacial score (nSPS) is 25.2. The van der Waals surface area contributed by atoms with Crippen LogP contribution in [-0.4, -0.2) is 29.4 Å². The minimum atomic E-state index is -0.540. The molecular formula is C15H19ClN2O. The van der Waals surface area contributed by atoms with Crippen molar-refractivity contribution in [3.8, 4) is 0 Å². The van der Waals surface area contributed by atoms with Gasteiger partial charge in [0.1, 0.15) is 0 Å². The van der Waals surface area contributed by atoms with Gasteiger partial charge in [0.2, 0.25) is 5.91 Å². The lowest BCUT2D eigenvalue weighted by Crippen LogP contribution is -2.49. The van der Waals surface area contributed by atoms with E-state index in [1.165, 1.54) is 5.56 Å². The molecule has 1 saturated heterocycles. The molecule has 0 aromatic heterocycles. The zero-order valence-corrected chi connectivity index (χ0v) is 11.7. The van der Waals surface area contributed by atoms with Gasteiger partial charge in [0, 0.05) is 24.0 Å². The first-order chi connectivity index (χ1) is 9.08. The smallest absolute Gasteiger partial charge is 0.242 e. The first-order valence-corrected chi connectivity index (χ1v) is 7.30. The number of likely N-dealkylation sites (tertiary alicyclic amines) is 1. The lowest BCUT2D eigenvalue weighted by molar-refractivity contribution is -0.134. The standard InChI is InChI=1S/C15H19ClN2O/c16-13-5-3-11(4-6-13)12-2-1-9-18(10-12)14(19)15(17)7-8-15/h3-6,12H,1-2,7-10,17H2. The van der Waals surface area contributed by atoms with Gasteiger partial charge in [0.05, 0.1) is 5.54 Å². The van der Waals surface area contributed by atoms with Gasteiger partial charge in [-0.2, -0.15) is 0 Å². The number of hydrogen-bond acceptors (Lipinski definition) is 2. The number of halogens is 1. The highest BCUT2D eigenvalue weighted by molar-refractivity contribution is 6.30. The number of rotatable bonds is 2. The van der Waals surface area contributed by atoms with Crippen LogP contribution in [0.25, 0.3) is 0 Å². The van der Waals surface area contributed by atoms with Crippen molar-refractivity contribution in [2.45, 2.75) is 37.1 Å². The molecule has 1 aromatic rings. The Morgan fingerprint density at radius 3 is 2.63 bits per heavy atom. The van der Waals surface area contributed by atoms with Crippen LogP contribution in [0.2, 0.25) is 5.02 Å². The van der Waals surface area contributed by atoms with Crippen molar-refractivity contribution in [3.05, 3.63) is 34.9 Å². The summed E-state index contributed by atoms with van der Waals surface area (Å²) in [6.07, 6.45) is 3.86. The van der Waals surface area contributed by atoms with E-state index in [-0.39, 0.29) is 5.91 Å². The lowest BCUT2D eigenvalue weighted by atomic mass is 9.90. The van der Waals surface area contributed by atoms with E-state index in [0.717, 1.165) is 43.8 Å². The highest BCUT2D eigenvalue weighted by Crippen LogP contribution is 2.36. The number of carbonyl (C=O) groups is 1. The van der Waals surface area contributed by atoms with Crippen molar-refractivity contribution in [3.63, 3.8) is 0 Å². The molecule has 1 heterocycles. The van der Waals surface area contributed by atoms with Gasteiger partial charge < -0.3 is 10.6 Å². The first-order valence-electron chi connectivity index (χ1n) is 6.92. The SMILES string of the molecule is NC1(C(=O)N2CCCC(c3ccc(Cl)cc3)C2)CC1. The molecule has 1 unspecified atom stereocenters. The Balaban J connectivity index is 1.71. The number of amides is 1. The van der Waals surface area contributed by atoms with Crippen molar-refractivity contribution in [2.75, 3.05) is 13.1 Å². The van der Waals surface area contributed by atoms with Gasteiger partial charge in [-0.25, -0.2) is 0 Å². The zero-order valence-electron chi connectivity index (χ0n) is 10.9. The van der Waals surface area contributed by atoms with E-state index in [1.807, 2.05) is 17.0 Å². The number of nitrogens with two attached hydrogens (primary N) is 1. The van der Waals surface area contributed by atoms with Crippen LogP contribution in [0.5, 0.6) is 0 Å². The molecule has 1 saturated carbocycles. The van der Waals surface area contributed by atoms with E-state index in [9.17, 15) is 4.79 Å². The second-order valence-electron chi connectivity index (χ2n) is 5.80. The van der Waals surface area contributed by atoms with Crippen LogP contribution >= 0.6 is 11.6 Å². The van der Waals surface area contributed by atoms with E-state index in [0.29, 0.717) is 5.92 Å². The van der Waals surface area contributed by atoms with E-state index < -0.39 is 5.54 Å². The fourth-order valence-electron chi connectivity index (χ4n) is 2.83. The molecule has 2 fully saturated rings. The van der Waals surface area contributed by atoms with Crippen molar-refractivity contribution in [1.82, 2.24) is 4.90 Å². The monoisotopic (exact) mass is 278 g/mol. The molecule has 1 aliphatic carbocycles. The van der Waals surface area contributed by atoms with Crippen molar-refractivity contribution in [1.29, 1.82) is 0 Å². The second kappa shape index (κ2) is 4.80. The van der Waals surface area contributed by atoms with Gasteiger partial charge in [-0.3, -0.25) is 4.79 Å². The molecule has 1 atom stereocenters. The van der Waals surface area contributed by atoms with E-state index >= 15 is 0 Å². The summed E-state index contributed by atoms with van der Waals surface area (Å²) in [5.41, 5.74) is 6.74. The van der Waals surface area contributed by atoms with E-state index in [4.69, 9.17) is 17.3 Å². The summed E-state index contributed by atoms with van der Waals surface area (Å²) in [5, 5.41) is 0.756. The molecule has 0 spiro atoms. The topological polar surface area (TPSA) is 46.3 Å². The molecule has 1 aliphatic heterocycles. The third kappa shape index (κ3) is 2.63. The number of hydrogen-bond donors (Lipinski definition) is 1. The Bertz CT molecular complexity index is 481. The highest BCUT2D eigenvalue weighted by atomic mass is 35.5. The maximum absolute atomic E-state index is 12.3. The Morgan fingerprint density at radius 2 is 2.00 bits per heavy atom. The van der Waals surface area contributed by atoms with Gasteiger partial charge in [0.25, 0.3) is 0 Å². The number of nitrogens with zero attached hydrogens (tertiary/aromatic N) is 1. The van der Waals surface area contributed by atoms with Gasteiger partial charge in [0.15, 0.2) is 0 Å². The van der Waals surface area contributed by atoms with E-state index in [1.54, 1.807) is 0 Å². The molecule has 1 aromatic carbocycles. The van der Waals surface area contributed by atoms with Crippen LogP contribution in [0.3, 0.4) is 0 Å². The summed E-state index contributed by atoms with van der Waals surface area (Å²) in [7, 11) is 0. The third-order valence-corrected chi connectivity index (χ3v) is 4.52. The molecule has 0 radical (unpaired) electrons. The summed E-state index contributed by atoms with van der Waals surface area (Å²) in [6.45, 7) is 1.64. The summed E-state index contributed by atoms with van der Waals surface area (Å²) in [5.74, 6) is 0.559. The molecule has 2 N–H and O–H groups in total. The largest absolute Gasteiger partial charge is 0.340 e. The maximum atomic E-state index is 12.3. The summed E-state index contributed by atoms with van der Waals surface area (Å²) in [6, 6.07) is 7.97. The Morgan fingerprint density at radius 1 is 1.32 bits per heavy atom. The molecule has 19 heavy (non-hydrogen) atoms. The predicted octanol–water partition coefficient (Wildman–Crippen LogP) is 2.54. The van der Waals surface area contributed by atoms with Crippen LogP contribution in [0.1, 0.15) is 37.2 Å². The summed E-state index contributed by atoms with van der Waals surface area (Å²) >= 11 is 5.92. The van der Waals surface area contributed by atoms with Crippen LogP contribution in [-0.2, 0) is 4.79 Å². The molecule has 0 bridgehead atoms. The summed E-state index contributed by atoms with van der Waals surface area (Å²) < 4.78 is 0. The fraction of sp³-hybridized carbons (Fsp3) is 0.533. The maximum Gasteiger partial charge on any atom is 0.242 e. The van der Waals surface area contributed by atoms with Crippen LogP contribution < -0.4 is 5.73 Å². The molecule has 3 rings (SSSR count). The van der Waals surface area contributed by atoms with E-state index in [2.05, 4.69) is 12.1 Å². The minimum absolute atomic E-state index is 0.145. The molecule has 2 aliphatic rings. The molecule has 4 heteroatoms. The second-order valence-corrected chi connectivity index (χ2v) is 6.23. The van der Waals surface area contributed by atoms with Crippen LogP contribution in [0, 0.1) is 0 Å². The van der Waals surface area contributed by atoms with Crippen molar-refractivity contribution in [2.24, 2.45) is 5.73 Å². The van der Waals surface area contributed by atoms with Gasteiger partial charge in [-0.1, -0.05) is 23.7 Å². The quantitative estimate of drug-likeness (QED) is 0.904. The Kier molecular flexibility index (Phi) is 3.27. The zero-order chi connectivity index (χ0) is 13.5. The molecular weight excluding hydrogens is 260 g/mol. The average Bonchev–Trinajstić information content (AvgIpc) is 3.18. The summed E-state index contributed by atoms with van der Waals surface area (Å²) in [4.78, 5) is 14.2. The lowest BCUT2D eigenvalue weighted by Gasteiger charge is -2.34. The molecule has 3 nitrogen and oxygen atoms in total. The van der Waals surface area contributed by atoms with Crippen molar-refractivity contribution >= 4 is 17.5 Å². The minimum Gasteiger partial charge on any atom is -0.340 e. The number of piperidine rings is 1. The molecule has 102 valence electrons.